The molecule has 18 heteroatoms. The summed E-state index contributed by atoms with van der Waals surface area (Å²) in [4.78, 5) is 28.2. The highest BCUT2D eigenvalue weighted by atomic mass is 79.9. The van der Waals surface area contributed by atoms with E-state index >= 15 is 0 Å². The molecule has 2 aliphatic heterocycles. The SMILES string of the molecule is Cc1nc(-c2ccc(F)c(Br)c2)cs1.Cc1nc(-c2ccc(F)c(N3CCNCC3)c2)cs1.Cc1nc(-c2cccc(N3CCNCC3)c2F)co1.O=C(CBr)c1ccc(F)c(Br)c1. The maximum absolute atomic E-state index is 14.6. The van der Waals surface area contributed by atoms with Crippen molar-refractivity contribution in [2.45, 2.75) is 20.8 Å². The molecule has 0 aliphatic carbocycles. The first kappa shape index (κ1) is 49.1. The third kappa shape index (κ3) is 13.4. The molecule has 0 unspecified atom stereocenters. The van der Waals surface area contributed by atoms with Gasteiger partial charge in [-0.05, 0) is 112 Å². The van der Waals surface area contributed by atoms with E-state index in [0.717, 1.165) is 84.9 Å². The van der Waals surface area contributed by atoms with Crippen molar-refractivity contribution >= 4 is 87.6 Å². The van der Waals surface area contributed by atoms with E-state index in [-0.39, 0.29) is 34.4 Å². The van der Waals surface area contributed by atoms with Crippen molar-refractivity contribution in [3.05, 3.63) is 144 Å². The molecule has 7 aromatic rings. The van der Waals surface area contributed by atoms with Crippen LogP contribution in [0.2, 0.25) is 0 Å². The van der Waals surface area contributed by atoms with Crippen molar-refractivity contribution in [2.75, 3.05) is 67.5 Å². The van der Waals surface area contributed by atoms with Crippen LogP contribution in [-0.4, -0.2) is 78.4 Å². The highest BCUT2D eigenvalue weighted by Crippen LogP contribution is 2.31. The van der Waals surface area contributed by atoms with Crippen LogP contribution in [0, 0.1) is 44.0 Å². The molecule has 9 rings (SSSR count). The number of rotatable bonds is 7. The molecule has 3 aromatic heterocycles. The zero-order valence-electron chi connectivity index (χ0n) is 35.0. The van der Waals surface area contributed by atoms with Gasteiger partial charge in [0.25, 0.3) is 0 Å². The fourth-order valence-corrected chi connectivity index (χ4v) is 8.89. The molecule has 2 fully saturated rings. The average molecular weight is 1110 g/mol. The number of carbonyl (C=O) groups excluding carboxylic acids is 1. The molecule has 0 amide bonds. The molecule has 0 atom stereocenters. The summed E-state index contributed by atoms with van der Waals surface area (Å²) in [7, 11) is 0. The lowest BCUT2D eigenvalue weighted by Gasteiger charge is -2.30. The summed E-state index contributed by atoms with van der Waals surface area (Å²) in [6, 6.07) is 19.8. The number of nitrogens with one attached hydrogen (secondary N) is 2. The molecular formula is C46H44Br3F4N7O2S2. The standard InChI is InChI=1S/C14H16FN3O.C14H16FN3S.C10H7BrFNS.C8H5Br2FO/c1-10-17-12(9-19-10)11-3-2-4-13(14(11)15)18-7-5-16-6-8-18;1-10-17-13(9-19-10)11-2-3-12(15)14(8-11)18-6-4-16-5-7-18;1-6-13-10(5-14-6)7-2-3-9(12)8(11)4-7;9-4-8(12)5-1-2-7(11)6(10)3-5/h2-4,9,16H,5-8H2,1H3;2-3,8-9,16H,4-7H2,1H3;2-5H,1H3;1-3H,4H2. The summed E-state index contributed by atoms with van der Waals surface area (Å²) in [5.41, 5.74) is 6.61. The summed E-state index contributed by atoms with van der Waals surface area (Å²) < 4.78 is 60.2. The van der Waals surface area contributed by atoms with Gasteiger partial charge < -0.3 is 24.9 Å². The maximum atomic E-state index is 14.6. The zero-order chi connectivity index (χ0) is 45.8. The Bertz CT molecular complexity index is 2630. The van der Waals surface area contributed by atoms with Gasteiger partial charge in [0.15, 0.2) is 17.5 Å². The quantitative estimate of drug-likeness (QED) is 0.0918. The van der Waals surface area contributed by atoms with Gasteiger partial charge in [0.1, 0.15) is 29.4 Å². The number of halogens is 7. The largest absolute Gasteiger partial charge is 0.449 e. The van der Waals surface area contributed by atoms with Crippen molar-refractivity contribution in [3.63, 3.8) is 0 Å². The van der Waals surface area contributed by atoms with E-state index < -0.39 is 0 Å². The molecule has 9 nitrogen and oxygen atoms in total. The highest BCUT2D eigenvalue weighted by Gasteiger charge is 2.19. The second-order valence-corrected chi connectivity index (χ2v) is 18.7. The van der Waals surface area contributed by atoms with Crippen molar-refractivity contribution in [1.29, 1.82) is 0 Å². The Morgan fingerprint density at radius 1 is 0.672 bits per heavy atom. The van der Waals surface area contributed by atoms with Crippen molar-refractivity contribution in [2.24, 2.45) is 0 Å². The van der Waals surface area contributed by atoms with Gasteiger partial charge in [-0.3, -0.25) is 4.79 Å². The first-order valence-corrected chi connectivity index (χ1v) is 24.5. The van der Waals surface area contributed by atoms with Crippen LogP contribution in [0.4, 0.5) is 28.9 Å². The van der Waals surface area contributed by atoms with Gasteiger partial charge in [-0.2, -0.15) is 0 Å². The third-order valence-electron chi connectivity index (χ3n) is 9.85. The van der Waals surface area contributed by atoms with E-state index in [1.54, 1.807) is 59.9 Å². The second kappa shape index (κ2) is 23.8. The molecule has 5 heterocycles. The number of thiazole rings is 2. The first-order chi connectivity index (χ1) is 30.8. The molecule has 4 aromatic carbocycles. The number of oxazole rings is 1. The van der Waals surface area contributed by atoms with E-state index in [0.29, 0.717) is 43.0 Å². The predicted octanol–water partition coefficient (Wildman–Crippen LogP) is 12.1. The lowest BCUT2D eigenvalue weighted by Crippen LogP contribution is -2.43. The Morgan fingerprint density at radius 3 is 1.70 bits per heavy atom. The van der Waals surface area contributed by atoms with Gasteiger partial charge in [0.05, 0.1) is 47.1 Å². The second-order valence-electron chi connectivity index (χ2n) is 14.3. The molecule has 2 N–H and O–H groups in total. The minimum atomic E-state index is -0.360. The number of alkyl halides is 1. The molecular weight excluding hydrogens is 1060 g/mol. The summed E-state index contributed by atoms with van der Waals surface area (Å²) >= 11 is 12.4. The first-order valence-electron chi connectivity index (χ1n) is 20.1. The van der Waals surface area contributed by atoms with Crippen LogP contribution >= 0.6 is 70.5 Å². The minimum Gasteiger partial charge on any atom is -0.449 e. The van der Waals surface area contributed by atoms with Gasteiger partial charge in [-0.25, -0.2) is 32.5 Å². The van der Waals surface area contributed by atoms with E-state index in [4.69, 9.17) is 4.42 Å². The van der Waals surface area contributed by atoms with Gasteiger partial charge >= 0.3 is 0 Å². The van der Waals surface area contributed by atoms with Crippen molar-refractivity contribution < 1.29 is 26.8 Å². The molecule has 0 spiro atoms. The fraction of sp³-hybridized carbons (Fsp3) is 0.261. The average Bonchev–Trinajstić information content (AvgIpc) is 4.08. The smallest absolute Gasteiger partial charge is 0.191 e. The van der Waals surface area contributed by atoms with Crippen LogP contribution in [0.1, 0.15) is 26.3 Å². The summed E-state index contributed by atoms with van der Waals surface area (Å²) in [6.45, 7) is 12.6. The van der Waals surface area contributed by atoms with Crippen LogP contribution < -0.4 is 20.4 Å². The number of Topliss-reactive ketones (excluding diaryl/α,β-unsaturated/α-hetero) is 1. The van der Waals surface area contributed by atoms with Gasteiger partial charge in [0.2, 0.25) is 0 Å². The molecule has 64 heavy (non-hydrogen) atoms. The number of aryl methyl sites for hydroxylation is 3. The van der Waals surface area contributed by atoms with Crippen LogP contribution in [0.15, 0.2) is 103 Å². The third-order valence-corrected chi connectivity index (χ3v) is 13.1. The van der Waals surface area contributed by atoms with Gasteiger partial charge in [-0.15, -0.1) is 22.7 Å². The highest BCUT2D eigenvalue weighted by molar-refractivity contribution is 9.10. The topological polar surface area (TPSA) is 99.4 Å². The number of nitrogens with zero attached hydrogens (tertiary/aromatic N) is 5. The predicted molar refractivity (Wildman–Crippen MR) is 261 cm³/mol. The molecule has 0 saturated carbocycles. The van der Waals surface area contributed by atoms with E-state index in [9.17, 15) is 22.4 Å². The summed E-state index contributed by atoms with van der Waals surface area (Å²) in [6.07, 6.45) is 1.50. The van der Waals surface area contributed by atoms with Crippen LogP contribution in [0.25, 0.3) is 33.8 Å². The Hall–Kier alpha value is -4.30. The van der Waals surface area contributed by atoms with Crippen molar-refractivity contribution in [1.82, 2.24) is 25.6 Å². The fourth-order valence-electron chi connectivity index (χ4n) is 6.57. The number of hydrogen-bond donors (Lipinski definition) is 2. The minimum absolute atomic E-state index is 0.0595. The normalized spacial score (nSPS) is 13.5. The monoisotopic (exact) mass is 1100 g/mol. The Morgan fingerprint density at radius 2 is 1.20 bits per heavy atom. The molecule has 2 aliphatic rings. The van der Waals surface area contributed by atoms with Gasteiger partial charge in [-0.1, -0.05) is 22.0 Å². The number of hydrogen-bond acceptors (Lipinski definition) is 11. The number of anilines is 2. The Balaban J connectivity index is 0.000000144. The summed E-state index contributed by atoms with van der Waals surface area (Å²) in [5.74, 6) is -0.505. The Kier molecular flexibility index (Phi) is 18.2. The number of carbonyl (C=O) groups is 1. The van der Waals surface area contributed by atoms with Crippen LogP contribution in [0.5, 0.6) is 0 Å². The maximum Gasteiger partial charge on any atom is 0.191 e. The lowest BCUT2D eigenvalue weighted by atomic mass is 10.1. The molecule has 2 saturated heterocycles. The number of ketones is 1. The number of piperazine rings is 2. The number of aromatic nitrogens is 3. The summed E-state index contributed by atoms with van der Waals surface area (Å²) in [5, 5.41) is 12.8. The van der Waals surface area contributed by atoms with E-state index in [2.05, 4.69) is 83.2 Å². The zero-order valence-corrected chi connectivity index (χ0v) is 41.4. The number of benzene rings is 4. The van der Waals surface area contributed by atoms with Crippen LogP contribution in [-0.2, 0) is 0 Å². The lowest BCUT2D eigenvalue weighted by molar-refractivity contribution is 0.102. The molecule has 0 bridgehead atoms. The van der Waals surface area contributed by atoms with Crippen LogP contribution in [0.3, 0.4) is 0 Å². The Labute approximate surface area is 402 Å². The van der Waals surface area contributed by atoms with Crippen molar-refractivity contribution in [3.8, 4) is 33.8 Å². The van der Waals surface area contributed by atoms with E-state index in [1.165, 1.54) is 30.5 Å². The van der Waals surface area contributed by atoms with Gasteiger partial charge in [0, 0.05) is 92.3 Å². The molecule has 0 radical (unpaired) electrons. The van der Waals surface area contributed by atoms with E-state index in [1.807, 2.05) is 42.8 Å². The molecule has 336 valence electrons.